The number of fused-ring (bicyclic) bond motifs is 8. The van der Waals surface area contributed by atoms with Crippen LogP contribution in [0.2, 0.25) is 0 Å². The molecule has 41 heavy (non-hydrogen) atoms. The summed E-state index contributed by atoms with van der Waals surface area (Å²) in [5, 5.41) is 2.55. The van der Waals surface area contributed by atoms with Crippen molar-refractivity contribution in [2.75, 3.05) is 0 Å². The summed E-state index contributed by atoms with van der Waals surface area (Å²) < 4.78 is 2.39. The first-order chi connectivity index (χ1) is 20.4. The molecular formula is C40H25N. The van der Waals surface area contributed by atoms with Crippen molar-refractivity contribution in [3.63, 3.8) is 0 Å². The van der Waals surface area contributed by atoms with Crippen LogP contribution < -0.4 is 0 Å². The van der Waals surface area contributed by atoms with E-state index in [4.69, 9.17) is 0 Å². The Morgan fingerprint density at radius 1 is 0.317 bits per heavy atom. The molecule has 0 unspecified atom stereocenters. The zero-order chi connectivity index (χ0) is 26.9. The van der Waals surface area contributed by atoms with Crippen LogP contribution in [0.15, 0.2) is 152 Å². The minimum Gasteiger partial charge on any atom is -0.309 e. The molecule has 7 aromatic rings. The third-order valence-electron chi connectivity index (χ3n) is 8.72. The quantitative estimate of drug-likeness (QED) is 0.219. The van der Waals surface area contributed by atoms with E-state index in [-0.39, 0.29) is 0 Å². The van der Waals surface area contributed by atoms with Gasteiger partial charge in [0.15, 0.2) is 0 Å². The number of hydrogen-bond acceptors (Lipinski definition) is 0. The molecule has 0 bridgehead atoms. The first-order valence-corrected chi connectivity index (χ1v) is 14.2. The summed E-state index contributed by atoms with van der Waals surface area (Å²) >= 11 is 0. The lowest BCUT2D eigenvalue weighted by Crippen LogP contribution is -1.94. The van der Waals surface area contributed by atoms with Gasteiger partial charge in [-0.2, -0.15) is 0 Å². The smallest absolute Gasteiger partial charge is 0.0541 e. The standard InChI is InChI=1S/C40H25N/c1-3-13-26(14-4-1)37-30-18-7-9-20-32(30)40-38(31-19-8-10-21-33(31)39(37)40)27-23-24-36-34(25-27)29-17-11-12-22-35(29)41(36)28-15-5-2-6-16-28/h1-25H. The van der Waals surface area contributed by atoms with E-state index in [0.717, 1.165) is 0 Å². The summed E-state index contributed by atoms with van der Waals surface area (Å²) in [7, 11) is 0. The van der Waals surface area contributed by atoms with Crippen LogP contribution in [0.4, 0.5) is 0 Å². The minimum absolute atomic E-state index is 1.18. The van der Waals surface area contributed by atoms with E-state index in [9.17, 15) is 0 Å². The Kier molecular flexibility index (Phi) is 4.67. The van der Waals surface area contributed by atoms with Crippen LogP contribution in [0.25, 0.3) is 49.8 Å². The Bertz CT molecular complexity index is 2230. The molecule has 1 heteroatoms. The highest BCUT2D eigenvalue weighted by atomic mass is 15.0. The van der Waals surface area contributed by atoms with E-state index >= 15 is 0 Å². The molecule has 1 aromatic heterocycles. The highest BCUT2D eigenvalue weighted by Crippen LogP contribution is 2.58. The molecular weight excluding hydrogens is 494 g/mol. The Hall–Kier alpha value is -5.40. The molecule has 0 radical (unpaired) electrons. The van der Waals surface area contributed by atoms with E-state index in [1.807, 2.05) is 0 Å². The van der Waals surface area contributed by atoms with Crippen LogP contribution in [-0.4, -0.2) is 4.57 Å². The second-order valence-corrected chi connectivity index (χ2v) is 10.9. The number of hydrogen-bond donors (Lipinski definition) is 0. The van der Waals surface area contributed by atoms with Gasteiger partial charge in [0, 0.05) is 16.5 Å². The average molecular weight is 520 g/mol. The maximum atomic E-state index is 2.42. The molecule has 2 aliphatic rings. The fraction of sp³-hybridized carbons (Fsp3) is 0. The SMILES string of the molecule is c1ccc(C2=C3C(=C(c4ccc5c(c4)c4ccccc4n5-c4ccccc4)c4ccccc43)c3ccccc32)cc1. The van der Waals surface area contributed by atoms with Crippen molar-refractivity contribution in [3.8, 4) is 5.69 Å². The van der Waals surface area contributed by atoms with Gasteiger partial charge in [0.2, 0.25) is 0 Å². The van der Waals surface area contributed by atoms with Crippen molar-refractivity contribution in [1.29, 1.82) is 0 Å². The maximum absolute atomic E-state index is 2.42. The molecule has 0 saturated carbocycles. The lowest BCUT2D eigenvalue weighted by molar-refractivity contribution is 1.18. The van der Waals surface area contributed by atoms with Gasteiger partial charge in [-0.05, 0) is 86.0 Å². The number of benzene rings is 6. The van der Waals surface area contributed by atoms with Crippen molar-refractivity contribution in [2.45, 2.75) is 0 Å². The number of rotatable bonds is 3. The van der Waals surface area contributed by atoms with Gasteiger partial charge >= 0.3 is 0 Å². The molecule has 0 saturated heterocycles. The summed E-state index contributed by atoms with van der Waals surface area (Å²) in [6.07, 6.45) is 0. The van der Waals surface area contributed by atoms with Crippen molar-refractivity contribution in [3.05, 3.63) is 185 Å². The fourth-order valence-electron chi connectivity index (χ4n) is 7.08. The van der Waals surface area contributed by atoms with Gasteiger partial charge in [0.25, 0.3) is 0 Å². The molecule has 190 valence electrons. The second kappa shape index (κ2) is 8.55. The maximum Gasteiger partial charge on any atom is 0.0541 e. The first-order valence-electron chi connectivity index (χ1n) is 14.2. The van der Waals surface area contributed by atoms with Gasteiger partial charge in [-0.25, -0.2) is 0 Å². The van der Waals surface area contributed by atoms with Crippen LogP contribution in [0.5, 0.6) is 0 Å². The molecule has 0 N–H and O–H groups in total. The van der Waals surface area contributed by atoms with Crippen LogP contribution in [0.3, 0.4) is 0 Å². The molecule has 0 fully saturated rings. The van der Waals surface area contributed by atoms with Crippen LogP contribution in [0, 0.1) is 0 Å². The van der Waals surface area contributed by atoms with Crippen molar-refractivity contribution in [1.82, 2.24) is 4.57 Å². The highest BCUT2D eigenvalue weighted by molar-refractivity contribution is 6.35. The van der Waals surface area contributed by atoms with Crippen LogP contribution >= 0.6 is 0 Å². The summed E-state index contributed by atoms with van der Waals surface area (Å²) in [6, 6.07) is 55.3. The summed E-state index contributed by atoms with van der Waals surface area (Å²) in [5.41, 5.74) is 16.8. The van der Waals surface area contributed by atoms with Gasteiger partial charge in [-0.15, -0.1) is 0 Å². The predicted molar refractivity (Wildman–Crippen MR) is 172 cm³/mol. The Labute approximate surface area is 239 Å². The highest BCUT2D eigenvalue weighted by Gasteiger charge is 2.37. The second-order valence-electron chi connectivity index (χ2n) is 10.9. The molecule has 0 atom stereocenters. The lowest BCUT2D eigenvalue weighted by Gasteiger charge is -2.12. The molecule has 1 heterocycles. The topological polar surface area (TPSA) is 4.93 Å². The molecule has 6 aromatic carbocycles. The Morgan fingerprint density at radius 3 is 1.46 bits per heavy atom. The van der Waals surface area contributed by atoms with Crippen molar-refractivity contribution >= 4 is 44.1 Å². The fourth-order valence-corrected chi connectivity index (χ4v) is 7.08. The largest absolute Gasteiger partial charge is 0.309 e. The summed E-state index contributed by atoms with van der Waals surface area (Å²) in [4.78, 5) is 0. The average Bonchev–Trinajstić information content (AvgIpc) is 3.67. The number of para-hydroxylation sites is 2. The van der Waals surface area contributed by atoms with Crippen LogP contribution in [-0.2, 0) is 0 Å². The molecule has 0 spiro atoms. The Morgan fingerprint density at radius 2 is 0.805 bits per heavy atom. The zero-order valence-electron chi connectivity index (χ0n) is 22.4. The Balaban J connectivity index is 1.38. The number of aromatic nitrogens is 1. The summed E-state index contributed by atoms with van der Waals surface area (Å²) in [5.74, 6) is 0. The minimum atomic E-state index is 1.18. The summed E-state index contributed by atoms with van der Waals surface area (Å²) in [6.45, 7) is 0. The monoisotopic (exact) mass is 519 g/mol. The molecule has 9 rings (SSSR count). The zero-order valence-corrected chi connectivity index (χ0v) is 22.4. The van der Waals surface area contributed by atoms with Gasteiger partial charge in [0.1, 0.15) is 0 Å². The van der Waals surface area contributed by atoms with E-state index in [1.165, 1.54) is 83.2 Å². The van der Waals surface area contributed by atoms with E-state index in [1.54, 1.807) is 0 Å². The van der Waals surface area contributed by atoms with E-state index in [2.05, 4.69) is 156 Å². The van der Waals surface area contributed by atoms with Crippen molar-refractivity contribution < 1.29 is 0 Å². The van der Waals surface area contributed by atoms with Gasteiger partial charge in [-0.1, -0.05) is 121 Å². The third-order valence-corrected chi connectivity index (χ3v) is 8.72. The van der Waals surface area contributed by atoms with Gasteiger partial charge in [-0.3, -0.25) is 0 Å². The first kappa shape index (κ1) is 22.4. The van der Waals surface area contributed by atoms with Gasteiger partial charge < -0.3 is 4.57 Å². The number of allylic oxidation sites excluding steroid dienone is 2. The molecule has 0 aliphatic heterocycles. The molecule has 0 amide bonds. The van der Waals surface area contributed by atoms with Crippen molar-refractivity contribution in [2.24, 2.45) is 0 Å². The lowest BCUT2D eigenvalue weighted by atomic mass is 9.91. The predicted octanol–water partition coefficient (Wildman–Crippen LogP) is 10.0. The van der Waals surface area contributed by atoms with Crippen LogP contribution in [0.1, 0.15) is 33.4 Å². The number of nitrogens with zero attached hydrogens (tertiary/aromatic N) is 1. The van der Waals surface area contributed by atoms with Gasteiger partial charge in [0.05, 0.1) is 11.0 Å². The normalized spacial score (nSPS) is 13.7. The molecule has 2 aliphatic carbocycles. The molecule has 1 nitrogen and oxygen atoms in total. The van der Waals surface area contributed by atoms with E-state index < -0.39 is 0 Å². The third kappa shape index (κ3) is 3.12. The van der Waals surface area contributed by atoms with E-state index in [0.29, 0.717) is 0 Å².